The summed E-state index contributed by atoms with van der Waals surface area (Å²) in [4.78, 5) is 8.57. The Kier molecular flexibility index (Phi) is 1.60. The van der Waals surface area contributed by atoms with Crippen LogP contribution in [0, 0.1) is 0 Å². The van der Waals surface area contributed by atoms with Gasteiger partial charge in [0.05, 0.1) is 11.0 Å². The molecule has 1 aromatic carbocycles. The predicted octanol–water partition coefficient (Wildman–Crippen LogP) is 1.17. The van der Waals surface area contributed by atoms with E-state index in [9.17, 15) is 0 Å². The van der Waals surface area contributed by atoms with E-state index in [1.165, 1.54) is 0 Å². The van der Waals surface area contributed by atoms with E-state index in [4.69, 9.17) is 5.84 Å². The van der Waals surface area contributed by atoms with Crippen molar-refractivity contribution >= 4 is 22.5 Å². The van der Waals surface area contributed by atoms with E-state index in [2.05, 4.69) is 15.4 Å². The molecule has 2 heterocycles. The molecule has 0 spiro atoms. The van der Waals surface area contributed by atoms with Crippen LogP contribution >= 0.6 is 0 Å². The third-order valence-corrected chi connectivity index (χ3v) is 2.36. The van der Waals surface area contributed by atoms with E-state index >= 15 is 0 Å². The van der Waals surface area contributed by atoms with Gasteiger partial charge in [-0.25, -0.2) is 15.8 Å². The van der Waals surface area contributed by atoms with Gasteiger partial charge in [-0.2, -0.15) is 0 Å². The highest BCUT2D eigenvalue weighted by Gasteiger charge is 2.06. The Labute approximate surface area is 85.5 Å². The van der Waals surface area contributed by atoms with Crippen molar-refractivity contribution in [3.8, 4) is 0 Å². The van der Waals surface area contributed by atoms with Crippen LogP contribution in [0.1, 0.15) is 0 Å². The molecule has 0 unspecified atom stereocenters. The van der Waals surface area contributed by atoms with Crippen molar-refractivity contribution in [2.75, 3.05) is 5.43 Å². The smallest absolute Gasteiger partial charge is 0.184 e. The van der Waals surface area contributed by atoms with Crippen LogP contribution in [0.15, 0.2) is 36.7 Å². The number of aromatic nitrogens is 3. The monoisotopic (exact) mass is 199 g/mol. The van der Waals surface area contributed by atoms with Crippen molar-refractivity contribution in [2.24, 2.45) is 5.84 Å². The zero-order valence-electron chi connectivity index (χ0n) is 7.88. The van der Waals surface area contributed by atoms with Crippen molar-refractivity contribution in [3.63, 3.8) is 0 Å². The molecule has 0 saturated heterocycles. The van der Waals surface area contributed by atoms with E-state index in [-0.39, 0.29) is 0 Å². The van der Waals surface area contributed by atoms with E-state index in [1.807, 2.05) is 34.9 Å². The highest BCUT2D eigenvalue weighted by Crippen LogP contribution is 2.19. The fourth-order valence-electron chi connectivity index (χ4n) is 1.70. The van der Waals surface area contributed by atoms with Gasteiger partial charge < -0.3 is 5.43 Å². The lowest BCUT2D eigenvalue weighted by Crippen LogP contribution is -2.10. The van der Waals surface area contributed by atoms with Crippen LogP contribution in [-0.4, -0.2) is 14.4 Å². The van der Waals surface area contributed by atoms with Gasteiger partial charge in [-0.05, 0) is 12.1 Å². The van der Waals surface area contributed by atoms with E-state index < -0.39 is 0 Å². The summed E-state index contributed by atoms with van der Waals surface area (Å²) in [6, 6.07) is 7.85. The third kappa shape index (κ3) is 1.07. The Balaban J connectivity index is 2.57. The lowest BCUT2D eigenvalue weighted by molar-refractivity contribution is 1.18. The Bertz CT molecular complexity index is 628. The average molecular weight is 199 g/mol. The largest absolute Gasteiger partial charge is 0.305 e. The lowest BCUT2D eigenvalue weighted by Gasteiger charge is -2.05. The van der Waals surface area contributed by atoms with Crippen molar-refractivity contribution in [3.05, 3.63) is 36.7 Å². The molecule has 0 radical (unpaired) electrons. The number of anilines is 1. The van der Waals surface area contributed by atoms with Gasteiger partial charge in [0.1, 0.15) is 0 Å². The van der Waals surface area contributed by atoms with E-state index in [1.54, 1.807) is 6.20 Å². The lowest BCUT2D eigenvalue weighted by atomic mass is 10.3. The van der Waals surface area contributed by atoms with Gasteiger partial charge in [0.2, 0.25) is 0 Å². The van der Waals surface area contributed by atoms with E-state index in [0.717, 1.165) is 16.7 Å². The summed E-state index contributed by atoms with van der Waals surface area (Å²) in [5.41, 5.74) is 5.19. The second kappa shape index (κ2) is 2.93. The quantitative estimate of drug-likeness (QED) is 0.456. The first-order valence-electron chi connectivity index (χ1n) is 4.58. The molecule has 3 rings (SSSR count). The number of hydrazine groups is 1. The predicted molar refractivity (Wildman–Crippen MR) is 58.3 cm³/mol. The zero-order valence-corrected chi connectivity index (χ0v) is 7.88. The minimum absolute atomic E-state index is 0.582. The highest BCUT2D eigenvalue weighted by atomic mass is 15.3. The molecule has 3 N–H and O–H groups in total. The maximum Gasteiger partial charge on any atom is 0.184 e. The molecule has 0 bridgehead atoms. The number of benzene rings is 1. The molecule has 2 aromatic heterocycles. The second-order valence-electron chi connectivity index (χ2n) is 3.21. The van der Waals surface area contributed by atoms with Crippen LogP contribution in [0.2, 0.25) is 0 Å². The van der Waals surface area contributed by atoms with Gasteiger partial charge in [-0.3, -0.25) is 4.40 Å². The van der Waals surface area contributed by atoms with Crippen LogP contribution in [0.3, 0.4) is 0 Å². The second-order valence-corrected chi connectivity index (χ2v) is 3.21. The van der Waals surface area contributed by atoms with Gasteiger partial charge in [0.25, 0.3) is 0 Å². The number of nitrogens with zero attached hydrogens (tertiary/aromatic N) is 3. The molecule has 74 valence electrons. The van der Waals surface area contributed by atoms with Crippen molar-refractivity contribution in [2.45, 2.75) is 0 Å². The topological polar surface area (TPSA) is 68.2 Å². The molecule has 3 aromatic rings. The Morgan fingerprint density at radius 3 is 3.00 bits per heavy atom. The normalized spacial score (nSPS) is 11.0. The van der Waals surface area contributed by atoms with Crippen LogP contribution in [0.25, 0.3) is 16.7 Å². The third-order valence-electron chi connectivity index (χ3n) is 2.36. The highest BCUT2D eigenvalue weighted by molar-refractivity contribution is 5.82. The molecule has 0 aliphatic carbocycles. The Hall–Kier alpha value is -2.14. The molecular formula is C10H9N5. The number of rotatable bonds is 1. The number of nitrogens with one attached hydrogen (secondary N) is 1. The van der Waals surface area contributed by atoms with Gasteiger partial charge in [-0.15, -0.1) is 0 Å². The number of para-hydroxylation sites is 2. The van der Waals surface area contributed by atoms with Crippen LogP contribution < -0.4 is 11.3 Å². The summed E-state index contributed by atoms with van der Waals surface area (Å²) in [7, 11) is 0. The Morgan fingerprint density at radius 1 is 1.27 bits per heavy atom. The first kappa shape index (κ1) is 8.19. The minimum Gasteiger partial charge on any atom is -0.305 e. The average Bonchev–Trinajstić information content (AvgIpc) is 2.77. The molecule has 15 heavy (non-hydrogen) atoms. The summed E-state index contributed by atoms with van der Waals surface area (Å²) >= 11 is 0. The van der Waals surface area contributed by atoms with Gasteiger partial charge in [0, 0.05) is 12.4 Å². The summed E-state index contributed by atoms with van der Waals surface area (Å²) in [6.45, 7) is 0. The minimum atomic E-state index is 0.582. The number of fused-ring (bicyclic) bond motifs is 3. The van der Waals surface area contributed by atoms with Gasteiger partial charge in [0.15, 0.2) is 11.5 Å². The van der Waals surface area contributed by atoms with Crippen LogP contribution in [-0.2, 0) is 0 Å². The zero-order chi connectivity index (χ0) is 10.3. The molecule has 0 aliphatic rings. The number of nitrogen functional groups attached to an aromatic ring is 1. The molecule has 5 heteroatoms. The Morgan fingerprint density at radius 2 is 2.13 bits per heavy atom. The van der Waals surface area contributed by atoms with Crippen LogP contribution in [0.4, 0.5) is 5.82 Å². The van der Waals surface area contributed by atoms with Crippen molar-refractivity contribution < 1.29 is 0 Å². The molecule has 0 atom stereocenters. The summed E-state index contributed by atoms with van der Waals surface area (Å²) in [5.74, 6) is 5.98. The van der Waals surface area contributed by atoms with Gasteiger partial charge >= 0.3 is 0 Å². The summed E-state index contributed by atoms with van der Waals surface area (Å²) in [6.07, 6.45) is 3.62. The summed E-state index contributed by atoms with van der Waals surface area (Å²) < 4.78 is 1.96. The standard InChI is InChI=1S/C10H9N5/c11-14-9-10-12-5-6-15(10)8-4-2-1-3-7(8)13-9/h1-6H,11H2,(H,13,14). The fraction of sp³-hybridized carbons (Fsp3) is 0. The van der Waals surface area contributed by atoms with Crippen molar-refractivity contribution in [1.82, 2.24) is 14.4 Å². The first-order valence-corrected chi connectivity index (χ1v) is 4.58. The molecule has 0 amide bonds. The molecule has 0 aliphatic heterocycles. The summed E-state index contributed by atoms with van der Waals surface area (Å²) in [5, 5.41) is 0. The molecule has 5 nitrogen and oxygen atoms in total. The maximum absolute atomic E-state index is 5.40. The number of hydrogen-bond acceptors (Lipinski definition) is 4. The van der Waals surface area contributed by atoms with E-state index in [0.29, 0.717) is 5.82 Å². The number of nitrogens with two attached hydrogens (primary N) is 1. The fourth-order valence-corrected chi connectivity index (χ4v) is 1.70. The van der Waals surface area contributed by atoms with Crippen molar-refractivity contribution in [1.29, 1.82) is 0 Å². The molecule has 0 fully saturated rings. The molecular weight excluding hydrogens is 190 g/mol. The maximum atomic E-state index is 5.40. The molecule has 0 saturated carbocycles. The number of hydrogen-bond donors (Lipinski definition) is 2. The van der Waals surface area contributed by atoms with Gasteiger partial charge in [-0.1, -0.05) is 12.1 Å². The van der Waals surface area contributed by atoms with Crippen LogP contribution in [0.5, 0.6) is 0 Å². The first-order chi connectivity index (χ1) is 7.40. The SMILES string of the molecule is NNc1nc2ccccc2n2ccnc12. The number of imidazole rings is 1.